The smallest absolute Gasteiger partial charge is 0.225 e. The highest BCUT2D eigenvalue weighted by Crippen LogP contribution is 2.17. The molecular weight excluding hydrogens is 212 g/mol. The molecule has 1 atom stereocenters. The third-order valence-electron chi connectivity index (χ3n) is 2.94. The molecule has 1 amide bonds. The standard InChI is InChI=1S/C14H22N2O/c1-9(2)12(15)8-14(17)16-13-7-10(3)5-6-11(13)4/h5-7,9,12H,8,15H2,1-4H3,(H,16,17). The van der Waals surface area contributed by atoms with Crippen LogP contribution in [0.2, 0.25) is 0 Å². The number of benzene rings is 1. The van der Waals surface area contributed by atoms with Gasteiger partial charge >= 0.3 is 0 Å². The minimum absolute atomic E-state index is 0.0140. The Balaban J connectivity index is 2.65. The van der Waals surface area contributed by atoms with Gasteiger partial charge in [-0.25, -0.2) is 0 Å². The maximum Gasteiger partial charge on any atom is 0.225 e. The normalized spacial score (nSPS) is 12.6. The molecule has 1 unspecified atom stereocenters. The van der Waals surface area contributed by atoms with Crippen molar-refractivity contribution in [2.45, 2.75) is 40.2 Å². The van der Waals surface area contributed by atoms with E-state index in [-0.39, 0.29) is 11.9 Å². The van der Waals surface area contributed by atoms with Crippen LogP contribution in [0, 0.1) is 19.8 Å². The summed E-state index contributed by atoms with van der Waals surface area (Å²) in [5, 5.41) is 2.92. The first-order valence-electron chi connectivity index (χ1n) is 6.03. The van der Waals surface area contributed by atoms with Gasteiger partial charge in [-0.2, -0.15) is 0 Å². The van der Waals surface area contributed by atoms with Crippen LogP contribution in [-0.2, 0) is 4.79 Å². The summed E-state index contributed by atoms with van der Waals surface area (Å²) < 4.78 is 0. The Morgan fingerprint density at radius 2 is 2.00 bits per heavy atom. The number of carbonyl (C=O) groups is 1. The second kappa shape index (κ2) is 5.82. The number of aryl methyl sites for hydroxylation is 2. The fraction of sp³-hybridized carbons (Fsp3) is 0.500. The molecule has 1 rings (SSSR count). The minimum atomic E-state index is -0.0832. The van der Waals surface area contributed by atoms with Crippen molar-refractivity contribution in [3.8, 4) is 0 Å². The van der Waals surface area contributed by atoms with E-state index in [9.17, 15) is 4.79 Å². The van der Waals surface area contributed by atoms with Crippen molar-refractivity contribution < 1.29 is 4.79 Å². The summed E-state index contributed by atoms with van der Waals surface area (Å²) in [7, 11) is 0. The lowest BCUT2D eigenvalue weighted by atomic mass is 10.0. The van der Waals surface area contributed by atoms with Crippen LogP contribution in [0.4, 0.5) is 5.69 Å². The lowest BCUT2D eigenvalue weighted by Gasteiger charge is -2.16. The van der Waals surface area contributed by atoms with Crippen molar-refractivity contribution >= 4 is 11.6 Å². The summed E-state index contributed by atoms with van der Waals surface area (Å²) in [5.41, 5.74) is 8.97. The summed E-state index contributed by atoms with van der Waals surface area (Å²) >= 11 is 0. The van der Waals surface area contributed by atoms with Gasteiger partial charge in [-0.1, -0.05) is 26.0 Å². The van der Waals surface area contributed by atoms with Gasteiger partial charge in [0.2, 0.25) is 5.91 Å². The quantitative estimate of drug-likeness (QED) is 0.841. The zero-order chi connectivity index (χ0) is 13.0. The molecule has 17 heavy (non-hydrogen) atoms. The largest absolute Gasteiger partial charge is 0.327 e. The molecule has 0 saturated carbocycles. The van der Waals surface area contributed by atoms with Gasteiger partial charge in [0.25, 0.3) is 0 Å². The van der Waals surface area contributed by atoms with Crippen LogP contribution in [0.25, 0.3) is 0 Å². The first-order chi connectivity index (χ1) is 7.90. The number of nitrogens with one attached hydrogen (secondary N) is 1. The Labute approximate surface area is 103 Å². The van der Waals surface area contributed by atoms with E-state index >= 15 is 0 Å². The molecule has 0 saturated heterocycles. The Kier molecular flexibility index (Phi) is 4.70. The molecule has 0 spiro atoms. The Morgan fingerprint density at radius 3 is 2.59 bits per heavy atom. The highest BCUT2D eigenvalue weighted by molar-refractivity contribution is 5.91. The van der Waals surface area contributed by atoms with Crippen LogP contribution in [0.15, 0.2) is 18.2 Å². The molecule has 94 valence electrons. The number of carbonyl (C=O) groups excluding carboxylic acids is 1. The van der Waals surface area contributed by atoms with Gasteiger partial charge < -0.3 is 11.1 Å². The van der Waals surface area contributed by atoms with Crippen molar-refractivity contribution in [1.29, 1.82) is 0 Å². The molecule has 0 aliphatic rings. The highest BCUT2D eigenvalue weighted by atomic mass is 16.1. The number of hydrogen-bond donors (Lipinski definition) is 2. The summed E-state index contributed by atoms with van der Waals surface area (Å²) in [5.74, 6) is 0.305. The van der Waals surface area contributed by atoms with Crippen LogP contribution in [0.3, 0.4) is 0 Å². The fourth-order valence-corrected chi connectivity index (χ4v) is 1.52. The maximum atomic E-state index is 11.8. The average Bonchev–Trinajstić information content (AvgIpc) is 2.23. The zero-order valence-corrected chi connectivity index (χ0v) is 11.1. The number of nitrogens with two attached hydrogens (primary N) is 1. The molecule has 3 heteroatoms. The first kappa shape index (κ1) is 13.7. The molecule has 3 N–H and O–H groups in total. The van der Waals surface area contributed by atoms with E-state index in [4.69, 9.17) is 5.73 Å². The maximum absolute atomic E-state index is 11.8. The van der Waals surface area contributed by atoms with Crippen molar-refractivity contribution in [2.24, 2.45) is 11.7 Å². The molecule has 0 aliphatic heterocycles. The molecule has 0 aliphatic carbocycles. The van der Waals surface area contributed by atoms with E-state index in [1.54, 1.807) is 0 Å². The molecule has 0 bridgehead atoms. The van der Waals surface area contributed by atoms with E-state index in [1.807, 2.05) is 45.9 Å². The van der Waals surface area contributed by atoms with Crippen molar-refractivity contribution in [2.75, 3.05) is 5.32 Å². The number of rotatable bonds is 4. The average molecular weight is 234 g/mol. The second-order valence-electron chi connectivity index (χ2n) is 4.98. The van der Waals surface area contributed by atoms with E-state index < -0.39 is 0 Å². The second-order valence-corrected chi connectivity index (χ2v) is 4.98. The van der Waals surface area contributed by atoms with Gasteiger partial charge in [-0.3, -0.25) is 4.79 Å². The third kappa shape index (κ3) is 4.19. The van der Waals surface area contributed by atoms with E-state index in [0.29, 0.717) is 12.3 Å². The molecule has 1 aromatic carbocycles. The van der Waals surface area contributed by atoms with Gasteiger partial charge in [0.05, 0.1) is 0 Å². The minimum Gasteiger partial charge on any atom is -0.327 e. The summed E-state index contributed by atoms with van der Waals surface area (Å²) in [6.07, 6.45) is 0.366. The van der Waals surface area contributed by atoms with Crippen molar-refractivity contribution in [3.63, 3.8) is 0 Å². The fourth-order valence-electron chi connectivity index (χ4n) is 1.52. The monoisotopic (exact) mass is 234 g/mol. The molecule has 3 nitrogen and oxygen atoms in total. The topological polar surface area (TPSA) is 55.1 Å². The third-order valence-corrected chi connectivity index (χ3v) is 2.94. The van der Waals surface area contributed by atoms with Gasteiger partial charge in [0.1, 0.15) is 0 Å². The molecule has 0 radical (unpaired) electrons. The SMILES string of the molecule is Cc1ccc(C)c(NC(=O)CC(N)C(C)C)c1. The van der Waals surface area contributed by atoms with E-state index in [2.05, 4.69) is 5.32 Å². The summed E-state index contributed by atoms with van der Waals surface area (Å²) in [6.45, 7) is 8.04. The van der Waals surface area contributed by atoms with Crippen LogP contribution < -0.4 is 11.1 Å². The highest BCUT2D eigenvalue weighted by Gasteiger charge is 2.13. The predicted octanol–water partition coefficient (Wildman–Crippen LogP) is 2.62. The van der Waals surface area contributed by atoms with Gasteiger partial charge in [0.15, 0.2) is 0 Å². The molecule has 0 heterocycles. The van der Waals surface area contributed by atoms with Crippen LogP contribution >= 0.6 is 0 Å². The lowest BCUT2D eigenvalue weighted by molar-refractivity contribution is -0.116. The number of amides is 1. The number of anilines is 1. The van der Waals surface area contributed by atoms with E-state index in [0.717, 1.165) is 16.8 Å². The van der Waals surface area contributed by atoms with Crippen LogP contribution in [0.5, 0.6) is 0 Å². The summed E-state index contributed by atoms with van der Waals surface area (Å²) in [6, 6.07) is 5.94. The van der Waals surface area contributed by atoms with Crippen LogP contribution in [-0.4, -0.2) is 11.9 Å². The Morgan fingerprint density at radius 1 is 1.35 bits per heavy atom. The Bertz CT molecular complexity index is 399. The van der Waals surface area contributed by atoms with Gasteiger partial charge in [-0.15, -0.1) is 0 Å². The number of hydrogen-bond acceptors (Lipinski definition) is 2. The van der Waals surface area contributed by atoms with E-state index in [1.165, 1.54) is 0 Å². The van der Waals surface area contributed by atoms with Gasteiger partial charge in [-0.05, 0) is 37.0 Å². The van der Waals surface area contributed by atoms with Crippen molar-refractivity contribution in [3.05, 3.63) is 29.3 Å². The Hall–Kier alpha value is -1.35. The predicted molar refractivity (Wildman–Crippen MR) is 72.0 cm³/mol. The summed E-state index contributed by atoms with van der Waals surface area (Å²) in [4.78, 5) is 11.8. The van der Waals surface area contributed by atoms with Crippen molar-refractivity contribution in [1.82, 2.24) is 0 Å². The molecule has 0 fully saturated rings. The molecule has 0 aromatic heterocycles. The molecule has 1 aromatic rings. The lowest BCUT2D eigenvalue weighted by Crippen LogP contribution is -2.31. The zero-order valence-electron chi connectivity index (χ0n) is 11.1. The molecular formula is C14H22N2O. The first-order valence-corrected chi connectivity index (χ1v) is 6.03. The van der Waals surface area contributed by atoms with Crippen LogP contribution in [0.1, 0.15) is 31.4 Å². The van der Waals surface area contributed by atoms with Gasteiger partial charge in [0, 0.05) is 18.2 Å².